The second kappa shape index (κ2) is 6.67. The van der Waals surface area contributed by atoms with Gasteiger partial charge in [0.1, 0.15) is 5.82 Å². The molecule has 0 heterocycles. The highest BCUT2D eigenvalue weighted by Gasteiger charge is 2.26. The Morgan fingerprint density at radius 3 is 1.90 bits per heavy atom. The Hall–Kier alpha value is -1.67. The molecule has 2 rings (SSSR count). The van der Waals surface area contributed by atoms with E-state index in [1.54, 1.807) is 12.1 Å². The lowest BCUT2D eigenvalue weighted by Gasteiger charge is -2.31. The molecule has 0 saturated heterocycles. The molecule has 0 saturated carbocycles. The second-order valence-corrected chi connectivity index (χ2v) is 5.50. The minimum absolute atomic E-state index is 0.189. The average Bonchev–Trinajstić information content (AvgIpc) is 2.46. The van der Waals surface area contributed by atoms with Crippen molar-refractivity contribution in [1.82, 2.24) is 5.32 Å². The summed E-state index contributed by atoms with van der Waals surface area (Å²) >= 11 is 0. The standard InChI is InChI=1S/C18H22FN/c1-13(2)18(20-3)17(14-7-5-4-6-8-14)15-9-11-16(19)12-10-15/h4-13,17-18,20H,1-3H3. The van der Waals surface area contributed by atoms with Gasteiger partial charge < -0.3 is 5.32 Å². The van der Waals surface area contributed by atoms with Crippen molar-refractivity contribution < 1.29 is 4.39 Å². The van der Waals surface area contributed by atoms with Crippen molar-refractivity contribution >= 4 is 0 Å². The Kier molecular flexibility index (Phi) is 4.91. The van der Waals surface area contributed by atoms with Gasteiger partial charge in [-0.25, -0.2) is 4.39 Å². The lowest BCUT2D eigenvalue weighted by Crippen LogP contribution is -2.37. The van der Waals surface area contributed by atoms with Crippen molar-refractivity contribution in [2.45, 2.75) is 25.8 Å². The van der Waals surface area contributed by atoms with Gasteiger partial charge in [-0.15, -0.1) is 0 Å². The minimum atomic E-state index is -0.189. The number of hydrogen-bond donors (Lipinski definition) is 1. The molecule has 20 heavy (non-hydrogen) atoms. The van der Waals surface area contributed by atoms with E-state index < -0.39 is 0 Å². The van der Waals surface area contributed by atoms with Crippen molar-refractivity contribution in [3.63, 3.8) is 0 Å². The van der Waals surface area contributed by atoms with E-state index in [0.717, 1.165) is 5.56 Å². The summed E-state index contributed by atoms with van der Waals surface area (Å²) in [5.41, 5.74) is 2.40. The van der Waals surface area contributed by atoms with Crippen molar-refractivity contribution in [3.8, 4) is 0 Å². The van der Waals surface area contributed by atoms with Gasteiger partial charge in [0.15, 0.2) is 0 Å². The third-order valence-corrected chi connectivity index (χ3v) is 3.80. The minimum Gasteiger partial charge on any atom is -0.316 e. The van der Waals surface area contributed by atoms with E-state index in [-0.39, 0.29) is 11.7 Å². The molecule has 0 fully saturated rings. The van der Waals surface area contributed by atoms with Gasteiger partial charge in [-0.05, 0) is 36.2 Å². The summed E-state index contributed by atoms with van der Waals surface area (Å²) in [6, 6.07) is 17.6. The highest BCUT2D eigenvalue weighted by molar-refractivity contribution is 5.34. The van der Waals surface area contributed by atoms with Crippen LogP contribution in [0.25, 0.3) is 0 Å². The fourth-order valence-electron chi connectivity index (χ4n) is 2.82. The summed E-state index contributed by atoms with van der Waals surface area (Å²) < 4.78 is 13.2. The van der Waals surface area contributed by atoms with Gasteiger partial charge in [-0.3, -0.25) is 0 Å². The van der Waals surface area contributed by atoms with Crippen LogP contribution in [0, 0.1) is 11.7 Å². The van der Waals surface area contributed by atoms with Crippen LogP contribution in [0.5, 0.6) is 0 Å². The normalized spacial score (nSPS) is 14.2. The van der Waals surface area contributed by atoms with Crippen LogP contribution in [0.2, 0.25) is 0 Å². The van der Waals surface area contributed by atoms with Gasteiger partial charge in [0.25, 0.3) is 0 Å². The predicted molar refractivity (Wildman–Crippen MR) is 82.4 cm³/mol. The van der Waals surface area contributed by atoms with Crippen molar-refractivity contribution in [1.29, 1.82) is 0 Å². The molecular weight excluding hydrogens is 249 g/mol. The Morgan fingerprint density at radius 1 is 0.850 bits per heavy atom. The summed E-state index contributed by atoms with van der Waals surface area (Å²) in [6.45, 7) is 4.42. The number of benzene rings is 2. The molecule has 1 N–H and O–H groups in total. The molecule has 0 aliphatic carbocycles. The van der Waals surface area contributed by atoms with E-state index in [2.05, 4.69) is 43.4 Å². The highest BCUT2D eigenvalue weighted by atomic mass is 19.1. The number of nitrogens with one attached hydrogen (secondary N) is 1. The lowest BCUT2D eigenvalue weighted by atomic mass is 9.80. The predicted octanol–water partition coefficient (Wildman–Crippen LogP) is 4.20. The van der Waals surface area contributed by atoms with Crippen LogP contribution in [0.15, 0.2) is 54.6 Å². The summed E-state index contributed by atoms with van der Waals surface area (Å²) in [6.07, 6.45) is 0. The molecule has 0 spiro atoms. The number of rotatable bonds is 5. The molecular formula is C18H22FN. The number of hydrogen-bond acceptors (Lipinski definition) is 1. The highest BCUT2D eigenvalue weighted by Crippen LogP contribution is 2.31. The topological polar surface area (TPSA) is 12.0 Å². The second-order valence-electron chi connectivity index (χ2n) is 5.50. The van der Waals surface area contributed by atoms with Crippen LogP contribution in [0.1, 0.15) is 30.9 Å². The first-order valence-electron chi connectivity index (χ1n) is 7.11. The van der Waals surface area contributed by atoms with Gasteiger partial charge >= 0.3 is 0 Å². The fourth-order valence-corrected chi connectivity index (χ4v) is 2.82. The molecule has 2 unspecified atom stereocenters. The summed E-state index contributed by atoms with van der Waals surface area (Å²) in [5, 5.41) is 3.42. The number of likely N-dealkylation sites (N-methyl/N-ethyl adjacent to an activating group) is 1. The Balaban J connectivity index is 2.46. The van der Waals surface area contributed by atoms with Crippen LogP contribution in [0.3, 0.4) is 0 Å². The first kappa shape index (κ1) is 14.7. The zero-order valence-corrected chi connectivity index (χ0v) is 12.3. The maximum absolute atomic E-state index is 13.2. The molecule has 0 aliphatic heterocycles. The zero-order valence-electron chi connectivity index (χ0n) is 12.3. The maximum Gasteiger partial charge on any atom is 0.123 e. The maximum atomic E-state index is 13.2. The molecule has 0 amide bonds. The number of halogens is 1. The van der Waals surface area contributed by atoms with E-state index in [0.29, 0.717) is 12.0 Å². The summed E-state index contributed by atoms with van der Waals surface area (Å²) in [5.74, 6) is 0.517. The van der Waals surface area contributed by atoms with Gasteiger partial charge in [-0.1, -0.05) is 56.3 Å². The zero-order chi connectivity index (χ0) is 14.5. The summed E-state index contributed by atoms with van der Waals surface area (Å²) in [7, 11) is 1.99. The molecule has 2 atom stereocenters. The molecule has 2 aromatic carbocycles. The monoisotopic (exact) mass is 271 g/mol. The molecule has 1 nitrogen and oxygen atoms in total. The Bertz CT molecular complexity index is 519. The molecule has 0 radical (unpaired) electrons. The molecule has 0 bridgehead atoms. The van der Waals surface area contributed by atoms with E-state index in [1.165, 1.54) is 5.56 Å². The van der Waals surface area contributed by atoms with Crippen molar-refractivity contribution in [3.05, 3.63) is 71.5 Å². The van der Waals surface area contributed by atoms with Crippen molar-refractivity contribution in [2.75, 3.05) is 7.05 Å². The van der Waals surface area contributed by atoms with E-state index >= 15 is 0 Å². The fraction of sp³-hybridized carbons (Fsp3) is 0.333. The van der Waals surface area contributed by atoms with Crippen LogP contribution >= 0.6 is 0 Å². The van der Waals surface area contributed by atoms with Gasteiger partial charge in [0, 0.05) is 12.0 Å². The Labute approximate surface area is 120 Å². The summed E-state index contributed by atoms with van der Waals surface area (Å²) in [4.78, 5) is 0. The Morgan fingerprint density at radius 2 is 1.40 bits per heavy atom. The third kappa shape index (κ3) is 3.26. The average molecular weight is 271 g/mol. The van der Waals surface area contributed by atoms with E-state index in [9.17, 15) is 4.39 Å². The van der Waals surface area contributed by atoms with Crippen LogP contribution in [-0.4, -0.2) is 13.1 Å². The van der Waals surface area contributed by atoms with Crippen LogP contribution in [-0.2, 0) is 0 Å². The van der Waals surface area contributed by atoms with Gasteiger partial charge in [0.2, 0.25) is 0 Å². The van der Waals surface area contributed by atoms with Crippen LogP contribution < -0.4 is 5.32 Å². The van der Waals surface area contributed by atoms with E-state index in [4.69, 9.17) is 0 Å². The molecule has 0 aliphatic rings. The van der Waals surface area contributed by atoms with E-state index in [1.807, 2.05) is 25.2 Å². The van der Waals surface area contributed by atoms with Crippen molar-refractivity contribution in [2.24, 2.45) is 5.92 Å². The quantitative estimate of drug-likeness (QED) is 0.859. The first-order valence-corrected chi connectivity index (χ1v) is 7.11. The first-order chi connectivity index (χ1) is 9.63. The largest absolute Gasteiger partial charge is 0.316 e. The molecule has 0 aromatic heterocycles. The van der Waals surface area contributed by atoms with Crippen LogP contribution in [0.4, 0.5) is 4.39 Å². The van der Waals surface area contributed by atoms with Gasteiger partial charge in [-0.2, -0.15) is 0 Å². The smallest absolute Gasteiger partial charge is 0.123 e. The van der Waals surface area contributed by atoms with Gasteiger partial charge in [0.05, 0.1) is 0 Å². The molecule has 2 heteroatoms. The molecule has 106 valence electrons. The molecule has 2 aromatic rings. The lowest BCUT2D eigenvalue weighted by molar-refractivity contribution is 0.389. The third-order valence-electron chi connectivity index (χ3n) is 3.80. The SMILES string of the molecule is CNC(C(C)C)C(c1ccccc1)c1ccc(F)cc1.